The third-order valence-electron chi connectivity index (χ3n) is 3.24. The predicted molar refractivity (Wildman–Crippen MR) is 91.2 cm³/mol. The molecule has 6 heteroatoms. The van der Waals surface area contributed by atoms with Crippen molar-refractivity contribution < 1.29 is 19.1 Å². The zero-order valence-corrected chi connectivity index (χ0v) is 13.6. The van der Waals surface area contributed by atoms with Crippen LogP contribution in [-0.4, -0.2) is 31.6 Å². The number of amides is 2. The summed E-state index contributed by atoms with van der Waals surface area (Å²) in [5, 5.41) is 5.31. The van der Waals surface area contributed by atoms with Gasteiger partial charge in [-0.2, -0.15) is 0 Å². The van der Waals surface area contributed by atoms with Crippen molar-refractivity contribution in [2.75, 3.05) is 19.0 Å². The van der Waals surface area contributed by atoms with Crippen molar-refractivity contribution in [2.24, 2.45) is 0 Å². The second-order valence-corrected chi connectivity index (χ2v) is 5.11. The van der Waals surface area contributed by atoms with Gasteiger partial charge < -0.3 is 20.1 Å². The molecule has 2 aromatic carbocycles. The Kier molecular flexibility index (Phi) is 6.19. The van der Waals surface area contributed by atoms with Crippen molar-refractivity contribution in [3.63, 3.8) is 0 Å². The third kappa shape index (κ3) is 5.31. The molecule has 0 radical (unpaired) electrons. The van der Waals surface area contributed by atoms with E-state index in [-0.39, 0.29) is 18.4 Å². The van der Waals surface area contributed by atoms with Crippen LogP contribution >= 0.6 is 0 Å². The standard InChI is InChI=1S/C18H20N2O4/c1-13(18(22)20-14-8-10-15(23-2)11-9-14)19-17(21)12-24-16-6-4-3-5-7-16/h3-11,13H,12H2,1-2H3,(H,19,21)(H,20,22). The van der Waals surface area contributed by atoms with Crippen molar-refractivity contribution in [3.8, 4) is 11.5 Å². The molecule has 0 fully saturated rings. The molecule has 2 N–H and O–H groups in total. The lowest BCUT2D eigenvalue weighted by atomic mass is 10.2. The number of para-hydroxylation sites is 1. The Balaban J connectivity index is 1.78. The molecule has 6 nitrogen and oxygen atoms in total. The van der Waals surface area contributed by atoms with E-state index >= 15 is 0 Å². The van der Waals surface area contributed by atoms with E-state index in [1.807, 2.05) is 18.2 Å². The Morgan fingerprint density at radius 1 is 1.00 bits per heavy atom. The fourth-order valence-corrected chi connectivity index (χ4v) is 1.94. The van der Waals surface area contributed by atoms with Gasteiger partial charge in [-0.3, -0.25) is 9.59 Å². The average molecular weight is 328 g/mol. The maximum absolute atomic E-state index is 12.1. The van der Waals surface area contributed by atoms with E-state index in [9.17, 15) is 9.59 Å². The number of hydrogen-bond acceptors (Lipinski definition) is 4. The highest BCUT2D eigenvalue weighted by Gasteiger charge is 2.16. The predicted octanol–water partition coefficient (Wildman–Crippen LogP) is 2.22. The van der Waals surface area contributed by atoms with Gasteiger partial charge in [-0.1, -0.05) is 18.2 Å². The summed E-state index contributed by atoms with van der Waals surface area (Å²) in [5.74, 6) is 0.625. The van der Waals surface area contributed by atoms with Gasteiger partial charge in [0, 0.05) is 5.69 Å². The molecule has 24 heavy (non-hydrogen) atoms. The van der Waals surface area contributed by atoms with Gasteiger partial charge in [0.15, 0.2) is 6.61 Å². The van der Waals surface area contributed by atoms with Crippen LogP contribution < -0.4 is 20.1 Å². The van der Waals surface area contributed by atoms with E-state index in [0.29, 0.717) is 17.2 Å². The van der Waals surface area contributed by atoms with Crippen LogP contribution in [0.1, 0.15) is 6.92 Å². The van der Waals surface area contributed by atoms with E-state index < -0.39 is 6.04 Å². The number of anilines is 1. The summed E-state index contributed by atoms with van der Waals surface area (Å²) < 4.78 is 10.4. The van der Waals surface area contributed by atoms with Crippen LogP contribution in [0.15, 0.2) is 54.6 Å². The number of carbonyl (C=O) groups excluding carboxylic acids is 2. The SMILES string of the molecule is COc1ccc(NC(=O)C(C)NC(=O)COc2ccccc2)cc1. The molecule has 0 spiro atoms. The molecule has 0 aliphatic heterocycles. The van der Waals surface area contributed by atoms with E-state index in [1.165, 1.54) is 0 Å². The van der Waals surface area contributed by atoms with Crippen molar-refractivity contribution in [1.82, 2.24) is 5.32 Å². The summed E-state index contributed by atoms with van der Waals surface area (Å²) >= 11 is 0. The van der Waals surface area contributed by atoms with Crippen LogP contribution in [0.2, 0.25) is 0 Å². The van der Waals surface area contributed by atoms with Crippen molar-refractivity contribution in [2.45, 2.75) is 13.0 Å². The number of hydrogen-bond donors (Lipinski definition) is 2. The first kappa shape index (κ1) is 17.3. The quantitative estimate of drug-likeness (QED) is 0.817. The lowest BCUT2D eigenvalue weighted by Gasteiger charge is -2.14. The molecule has 0 heterocycles. The lowest BCUT2D eigenvalue weighted by Crippen LogP contribution is -2.43. The van der Waals surface area contributed by atoms with E-state index in [1.54, 1.807) is 50.4 Å². The summed E-state index contributed by atoms with van der Waals surface area (Å²) in [6.45, 7) is 1.46. The number of nitrogens with one attached hydrogen (secondary N) is 2. The Hall–Kier alpha value is -3.02. The molecule has 0 bridgehead atoms. The number of carbonyl (C=O) groups is 2. The fraction of sp³-hybridized carbons (Fsp3) is 0.222. The molecule has 0 aliphatic rings. The number of rotatable bonds is 7. The molecular formula is C18H20N2O4. The zero-order chi connectivity index (χ0) is 17.4. The van der Waals surface area contributed by atoms with E-state index in [4.69, 9.17) is 9.47 Å². The van der Waals surface area contributed by atoms with E-state index in [2.05, 4.69) is 10.6 Å². The zero-order valence-electron chi connectivity index (χ0n) is 13.6. The van der Waals surface area contributed by atoms with Gasteiger partial charge in [-0.25, -0.2) is 0 Å². The van der Waals surface area contributed by atoms with E-state index in [0.717, 1.165) is 0 Å². The Morgan fingerprint density at radius 3 is 2.29 bits per heavy atom. The Labute approximate surface area is 140 Å². The molecule has 0 saturated carbocycles. The second kappa shape index (κ2) is 8.57. The maximum atomic E-state index is 12.1. The number of methoxy groups -OCH3 is 1. The topological polar surface area (TPSA) is 76.7 Å². The van der Waals surface area contributed by atoms with Gasteiger partial charge in [0.05, 0.1) is 7.11 Å². The van der Waals surface area contributed by atoms with Gasteiger partial charge in [0.1, 0.15) is 17.5 Å². The number of benzene rings is 2. The number of ether oxygens (including phenoxy) is 2. The minimum atomic E-state index is -0.682. The first-order chi connectivity index (χ1) is 11.6. The molecule has 2 amide bonds. The summed E-state index contributed by atoms with van der Waals surface area (Å²) in [6.07, 6.45) is 0. The highest BCUT2D eigenvalue weighted by atomic mass is 16.5. The van der Waals surface area contributed by atoms with Gasteiger partial charge in [0.2, 0.25) is 5.91 Å². The molecule has 0 saturated heterocycles. The van der Waals surface area contributed by atoms with Crippen molar-refractivity contribution >= 4 is 17.5 Å². The second-order valence-electron chi connectivity index (χ2n) is 5.11. The molecular weight excluding hydrogens is 308 g/mol. The minimum Gasteiger partial charge on any atom is -0.497 e. The summed E-state index contributed by atoms with van der Waals surface area (Å²) in [6, 6.07) is 15.3. The van der Waals surface area contributed by atoms with Gasteiger partial charge in [-0.05, 0) is 43.3 Å². The van der Waals surface area contributed by atoms with Gasteiger partial charge in [0.25, 0.3) is 5.91 Å². The molecule has 0 aliphatic carbocycles. The monoisotopic (exact) mass is 328 g/mol. The van der Waals surface area contributed by atoms with Crippen LogP contribution in [-0.2, 0) is 9.59 Å². The molecule has 126 valence electrons. The molecule has 1 atom stereocenters. The minimum absolute atomic E-state index is 0.149. The lowest BCUT2D eigenvalue weighted by molar-refractivity contribution is -0.127. The third-order valence-corrected chi connectivity index (χ3v) is 3.24. The van der Waals surface area contributed by atoms with Crippen LogP contribution in [0.4, 0.5) is 5.69 Å². The smallest absolute Gasteiger partial charge is 0.258 e. The van der Waals surface area contributed by atoms with Crippen LogP contribution in [0.25, 0.3) is 0 Å². The van der Waals surface area contributed by atoms with Crippen LogP contribution in [0, 0.1) is 0 Å². The maximum Gasteiger partial charge on any atom is 0.258 e. The van der Waals surface area contributed by atoms with Crippen LogP contribution in [0.5, 0.6) is 11.5 Å². The largest absolute Gasteiger partial charge is 0.497 e. The summed E-state index contributed by atoms with van der Waals surface area (Å²) in [7, 11) is 1.57. The van der Waals surface area contributed by atoms with Crippen molar-refractivity contribution in [1.29, 1.82) is 0 Å². The highest BCUT2D eigenvalue weighted by Crippen LogP contribution is 2.15. The first-order valence-corrected chi connectivity index (χ1v) is 7.50. The first-order valence-electron chi connectivity index (χ1n) is 7.50. The summed E-state index contributed by atoms with van der Waals surface area (Å²) in [5.41, 5.74) is 0.627. The Morgan fingerprint density at radius 2 is 1.67 bits per heavy atom. The molecule has 2 rings (SSSR count). The van der Waals surface area contributed by atoms with Gasteiger partial charge in [-0.15, -0.1) is 0 Å². The normalized spacial score (nSPS) is 11.2. The Bertz CT molecular complexity index is 671. The summed E-state index contributed by atoms with van der Waals surface area (Å²) in [4.78, 5) is 23.9. The average Bonchev–Trinajstić information content (AvgIpc) is 2.61. The molecule has 0 aromatic heterocycles. The molecule has 2 aromatic rings. The highest BCUT2D eigenvalue weighted by molar-refractivity contribution is 5.97. The van der Waals surface area contributed by atoms with Gasteiger partial charge >= 0.3 is 0 Å². The fourth-order valence-electron chi connectivity index (χ4n) is 1.94. The van der Waals surface area contributed by atoms with Crippen LogP contribution in [0.3, 0.4) is 0 Å². The molecule has 1 unspecified atom stereocenters. The van der Waals surface area contributed by atoms with Crippen molar-refractivity contribution in [3.05, 3.63) is 54.6 Å².